The molecule has 3 N–H and O–H groups in total. The first-order valence-corrected chi connectivity index (χ1v) is 6.34. The molecule has 1 aromatic carbocycles. The SMILES string of the molecule is CCC1=CC(c2ccc(O)c(Cl)c2)NC(=O)N1C(=O)O. The molecule has 1 heterocycles. The second-order valence-corrected chi connectivity index (χ2v) is 4.67. The summed E-state index contributed by atoms with van der Waals surface area (Å²) in [6.45, 7) is 1.77. The van der Waals surface area contributed by atoms with E-state index in [0.29, 0.717) is 22.6 Å². The third-order valence-electron chi connectivity index (χ3n) is 3.01. The smallest absolute Gasteiger partial charge is 0.419 e. The summed E-state index contributed by atoms with van der Waals surface area (Å²) < 4.78 is 0. The summed E-state index contributed by atoms with van der Waals surface area (Å²) in [6, 6.07) is 3.39. The maximum Gasteiger partial charge on any atom is 0.419 e. The number of halogens is 1. The molecule has 1 unspecified atom stereocenters. The van der Waals surface area contributed by atoms with Crippen LogP contribution in [0.2, 0.25) is 5.02 Å². The van der Waals surface area contributed by atoms with Crippen molar-refractivity contribution in [2.24, 2.45) is 0 Å². The van der Waals surface area contributed by atoms with E-state index in [2.05, 4.69) is 5.32 Å². The number of nitrogens with zero attached hydrogens (tertiary/aromatic N) is 1. The number of imide groups is 1. The Balaban J connectivity index is 2.39. The molecule has 0 aliphatic carbocycles. The second-order valence-electron chi connectivity index (χ2n) is 4.27. The van der Waals surface area contributed by atoms with E-state index in [1.165, 1.54) is 12.1 Å². The lowest BCUT2D eigenvalue weighted by atomic mass is 10.0. The van der Waals surface area contributed by atoms with Crippen LogP contribution in [0.25, 0.3) is 0 Å². The van der Waals surface area contributed by atoms with Crippen LogP contribution >= 0.6 is 11.6 Å². The van der Waals surface area contributed by atoms with Crippen molar-refractivity contribution in [1.29, 1.82) is 0 Å². The Morgan fingerprint density at radius 1 is 1.50 bits per heavy atom. The number of carboxylic acid groups (broad SMARTS) is 1. The topological polar surface area (TPSA) is 89.9 Å². The Morgan fingerprint density at radius 2 is 2.20 bits per heavy atom. The number of phenolic OH excluding ortho intramolecular Hbond substituents is 1. The van der Waals surface area contributed by atoms with Gasteiger partial charge in [0.25, 0.3) is 0 Å². The Morgan fingerprint density at radius 3 is 2.75 bits per heavy atom. The highest BCUT2D eigenvalue weighted by molar-refractivity contribution is 6.32. The zero-order valence-corrected chi connectivity index (χ0v) is 11.4. The van der Waals surface area contributed by atoms with Crippen LogP contribution in [0.1, 0.15) is 24.9 Å². The van der Waals surface area contributed by atoms with Gasteiger partial charge in [-0.15, -0.1) is 0 Å². The maximum absolute atomic E-state index is 11.9. The van der Waals surface area contributed by atoms with Crippen LogP contribution in [0.5, 0.6) is 5.75 Å². The highest BCUT2D eigenvalue weighted by Gasteiger charge is 2.31. The predicted molar refractivity (Wildman–Crippen MR) is 72.6 cm³/mol. The molecule has 1 aliphatic rings. The summed E-state index contributed by atoms with van der Waals surface area (Å²) in [4.78, 5) is 23.6. The zero-order chi connectivity index (χ0) is 14.9. The fourth-order valence-corrected chi connectivity index (χ4v) is 2.21. The number of allylic oxidation sites excluding steroid dienone is 1. The number of nitrogens with one attached hydrogen (secondary N) is 1. The number of carbonyl (C=O) groups excluding carboxylic acids is 1. The number of carbonyl (C=O) groups is 2. The molecule has 0 bridgehead atoms. The van der Waals surface area contributed by atoms with Gasteiger partial charge in [0.2, 0.25) is 0 Å². The number of benzene rings is 1. The van der Waals surface area contributed by atoms with E-state index in [0.717, 1.165) is 0 Å². The number of aromatic hydroxyl groups is 1. The Labute approximate surface area is 120 Å². The molecule has 7 heteroatoms. The molecule has 1 aliphatic heterocycles. The normalized spacial score (nSPS) is 18.5. The number of amides is 3. The van der Waals surface area contributed by atoms with Crippen molar-refractivity contribution in [2.75, 3.05) is 0 Å². The molecule has 6 nitrogen and oxygen atoms in total. The summed E-state index contributed by atoms with van der Waals surface area (Å²) >= 11 is 5.83. The van der Waals surface area contributed by atoms with E-state index in [1.807, 2.05) is 0 Å². The fraction of sp³-hybridized carbons (Fsp3) is 0.231. The minimum atomic E-state index is -1.32. The molecule has 106 valence electrons. The van der Waals surface area contributed by atoms with Crippen LogP contribution < -0.4 is 5.32 Å². The second kappa shape index (κ2) is 5.42. The van der Waals surface area contributed by atoms with Crippen LogP contribution in [0.4, 0.5) is 9.59 Å². The van der Waals surface area contributed by atoms with Gasteiger partial charge in [0.05, 0.1) is 11.1 Å². The number of phenols is 1. The third kappa shape index (κ3) is 2.55. The van der Waals surface area contributed by atoms with Crippen molar-refractivity contribution >= 4 is 23.7 Å². The quantitative estimate of drug-likeness (QED) is 0.782. The molecule has 0 fully saturated rings. The van der Waals surface area contributed by atoms with Crippen LogP contribution in [-0.2, 0) is 0 Å². The summed E-state index contributed by atoms with van der Waals surface area (Å²) in [5.74, 6) is -0.0515. The lowest BCUT2D eigenvalue weighted by Crippen LogP contribution is -2.47. The van der Waals surface area contributed by atoms with E-state index >= 15 is 0 Å². The number of urea groups is 1. The van der Waals surface area contributed by atoms with Gasteiger partial charge in [0.15, 0.2) is 0 Å². The maximum atomic E-state index is 11.9. The number of hydrogen-bond donors (Lipinski definition) is 3. The van der Waals surface area contributed by atoms with Gasteiger partial charge in [0.1, 0.15) is 5.75 Å². The summed E-state index contributed by atoms with van der Waals surface area (Å²) in [5.41, 5.74) is 1.06. The average molecular weight is 297 g/mol. The first kappa shape index (κ1) is 14.2. The Hall–Kier alpha value is -2.21. The Bertz CT molecular complexity index is 600. The molecule has 0 spiro atoms. The van der Waals surface area contributed by atoms with E-state index in [4.69, 9.17) is 16.7 Å². The third-order valence-corrected chi connectivity index (χ3v) is 3.32. The predicted octanol–water partition coefficient (Wildman–Crippen LogP) is 3.08. The standard InChI is InChI=1S/C13H13ClN2O4/c1-2-8-6-10(15-12(18)16(8)13(19)20)7-3-4-11(17)9(14)5-7/h3-6,10,17H,2H2,1H3,(H,15,18)(H,19,20). The number of hydrogen-bond acceptors (Lipinski definition) is 3. The van der Waals surface area contributed by atoms with E-state index in [-0.39, 0.29) is 10.8 Å². The molecular formula is C13H13ClN2O4. The zero-order valence-electron chi connectivity index (χ0n) is 10.6. The molecule has 0 saturated heterocycles. The van der Waals surface area contributed by atoms with Gasteiger partial charge in [0, 0.05) is 5.70 Å². The monoisotopic (exact) mass is 296 g/mol. The average Bonchev–Trinajstić information content (AvgIpc) is 2.40. The van der Waals surface area contributed by atoms with Gasteiger partial charge < -0.3 is 15.5 Å². The lowest BCUT2D eigenvalue weighted by molar-refractivity contribution is 0.154. The molecular weight excluding hydrogens is 284 g/mol. The fourth-order valence-electron chi connectivity index (χ4n) is 2.02. The Kier molecular flexibility index (Phi) is 3.85. The van der Waals surface area contributed by atoms with Gasteiger partial charge in [-0.25, -0.2) is 14.5 Å². The van der Waals surface area contributed by atoms with Gasteiger partial charge in [-0.3, -0.25) is 0 Å². The molecule has 1 atom stereocenters. The van der Waals surface area contributed by atoms with Crippen LogP contribution in [0.3, 0.4) is 0 Å². The molecule has 0 saturated carbocycles. The van der Waals surface area contributed by atoms with Gasteiger partial charge in [-0.05, 0) is 30.2 Å². The van der Waals surface area contributed by atoms with Crippen molar-refractivity contribution in [3.63, 3.8) is 0 Å². The van der Waals surface area contributed by atoms with Crippen molar-refractivity contribution < 1.29 is 19.8 Å². The molecule has 0 aromatic heterocycles. The molecule has 0 radical (unpaired) electrons. The lowest BCUT2D eigenvalue weighted by Gasteiger charge is -2.29. The van der Waals surface area contributed by atoms with E-state index in [9.17, 15) is 14.7 Å². The number of rotatable bonds is 2. The first-order chi connectivity index (χ1) is 9.43. The van der Waals surface area contributed by atoms with Crippen LogP contribution in [0, 0.1) is 0 Å². The molecule has 3 amide bonds. The molecule has 20 heavy (non-hydrogen) atoms. The van der Waals surface area contributed by atoms with Crippen LogP contribution in [0.15, 0.2) is 30.0 Å². The highest BCUT2D eigenvalue weighted by atomic mass is 35.5. The van der Waals surface area contributed by atoms with E-state index in [1.54, 1.807) is 19.1 Å². The van der Waals surface area contributed by atoms with Gasteiger partial charge in [-0.2, -0.15) is 0 Å². The summed E-state index contributed by atoms with van der Waals surface area (Å²) in [6.07, 6.45) is 0.734. The summed E-state index contributed by atoms with van der Waals surface area (Å²) in [5, 5.41) is 21.1. The van der Waals surface area contributed by atoms with Crippen molar-refractivity contribution in [3.05, 3.63) is 40.6 Å². The van der Waals surface area contributed by atoms with Gasteiger partial charge >= 0.3 is 12.1 Å². The van der Waals surface area contributed by atoms with E-state index < -0.39 is 18.2 Å². The minimum absolute atomic E-state index is 0.0515. The minimum Gasteiger partial charge on any atom is -0.506 e. The summed E-state index contributed by atoms with van der Waals surface area (Å²) in [7, 11) is 0. The van der Waals surface area contributed by atoms with Crippen molar-refractivity contribution in [2.45, 2.75) is 19.4 Å². The first-order valence-electron chi connectivity index (χ1n) is 5.96. The largest absolute Gasteiger partial charge is 0.506 e. The highest BCUT2D eigenvalue weighted by Crippen LogP contribution is 2.30. The van der Waals surface area contributed by atoms with Crippen molar-refractivity contribution in [1.82, 2.24) is 10.2 Å². The van der Waals surface area contributed by atoms with Gasteiger partial charge in [-0.1, -0.05) is 24.6 Å². The van der Waals surface area contributed by atoms with Crippen molar-refractivity contribution in [3.8, 4) is 5.75 Å². The molecule has 2 rings (SSSR count). The van der Waals surface area contributed by atoms with Crippen LogP contribution in [-0.4, -0.2) is 27.2 Å². The molecule has 1 aromatic rings.